The van der Waals surface area contributed by atoms with Gasteiger partial charge < -0.3 is 30.8 Å². The zero-order valence-electron chi connectivity index (χ0n) is 17.9. The van der Waals surface area contributed by atoms with E-state index >= 15 is 0 Å². The highest BCUT2D eigenvalue weighted by Gasteiger charge is 2.25. The van der Waals surface area contributed by atoms with E-state index in [-0.39, 0.29) is 12.3 Å². The predicted molar refractivity (Wildman–Crippen MR) is 123 cm³/mol. The van der Waals surface area contributed by atoms with Gasteiger partial charge in [-0.25, -0.2) is 4.57 Å². The number of phenols is 1. The van der Waals surface area contributed by atoms with Crippen LogP contribution in [0.15, 0.2) is 48.5 Å². The van der Waals surface area contributed by atoms with Crippen molar-refractivity contribution in [2.45, 2.75) is 18.3 Å². The van der Waals surface area contributed by atoms with E-state index in [1.165, 1.54) is 12.1 Å². The summed E-state index contributed by atoms with van der Waals surface area (Å²) in [5.41, 5.74) is 1.95. The van der Waals surface area contributed by atoms with Gasteiger partial charge in [0.15, 0.2) is 0 Å². The summed E-state index contributed by atoms with van der Waals surface area (Å²) < 4.78 is 15.4. The van der Waals surface area contributed by atoms with E-state index in [0.717, 1.165) is 11.1 Å². The molecule has 11 nitrogen and oxygen atoms in total. The number of hydrogen-bond donors (Lipinski definition) is 6. The molecule has 2 aromatic carbocycles. The van der Waals surface area contributed by atoms with Gasteiger partial charge >= 0.3 is 7.82 Å². The molecule has 0 saturated carbocycles. The van der Waals surface area contributed by atoms with Crippen molar-refractivity contribution in [3.05, 3.63) is 65.2 Å². The molecule has 2 rings (SSSR count). The third-order valence-electron chi connectivity index (χ3n) is 4.49. The molecule has 6 N–H and O–H groups in total. The van der Waals surface area contributed by atoms with Crippen LogP contribution in [-0.2, 0) is 31.0 Å². The minimum atomic E-state index is -4.89. The lowest BCUT2D eigenvalue weighted by Gasteiger charge is -2.19. The van der Waals surface area contributed by atoms with Gasteiger partial charge in [-0.3, -0.25) is 18.9 Å². The molecule has 3 amide bonds. The van der Waals surface area contributed by atoms with E-state index in [0.29, 0.717) is 17.9 Å². The smallest absolute Gasteiger partial charge is 0.469 e. The Labute approximate surface area is 200 Å². The first-order valence-corrected chi connectivity index (χ1v) is 12.1. The first-order chi connectivity index (χ1) is 16.1. The minimum absolute atomic E-state index is 0.101. The standard InChI is InChI=1S/C21H25ClN3O8P/c22-11-15-1-5-16(6-2-15)20(28)24-12-19(27)25-18(13-33-34(30,31)32)21(29)23-10-9-14-3-7-17(26)8-4-14/h1-8,18,26H,9-13H2,(H,23,29)(H,24,28)(H,25,27)(H2,30,31,32)/t18-/m0/s1. The third kappa shape index (κ3) is 9.90. The normalized spacial score (nSPS) is 12.0. The number of phosphoric acid groups is 1. The maximum absolute atomic E-state index is 12.5. The van der Waals surface area contributed by atoms with Crippen molar-refractivity contribution in [2.24, 2.45) is 0 Å². The molecular weight excluding hydrogens is 489 g/mol. The van der Waals surface area contributed by atoms with Crippen LogP contribution in [0.2, 0.25) is 0 Å². The van der Waals surface area contributed by atoms with Gasteiger partial charge in [-0.05, 0) is 41.8 Å². The van der Waals surface area contributed by atoms with Crippen LogP contribution < -0.4 is 16.0 Å². The van der Waals surface area contributed by atoms with Crippen LogP contribution in [0.5, 0.6) is 5.75 Å². The quantitative estimate of drug-likeness (QED) is 0.178. The fourth-order valence-electron chi connectivity index (χ4n) is 2.72. The summed E-state index contributed by atoms with van der Waals surface area (Å²) in [5.74, 6) is -1.64. The first-order valence-electron chi connectivity index (χ1n) is 10.1. The molecule has 0 aliphatic heterocycles. The van der Waals surface area contributed by atoms with E-state index in [2.05, 4.69) is 20.5 Å². The highest BCUT2D eigenvalue weighted by Crippen LogP contribution is 2.35. The molecule has 184 valence electrons. The number of hydrogen-bond acceptors (Lipinski definition) is 6. The van der Waals surface area contributed by atoms with Gasteiger partial charge in [0, 0.05) is 18.0 Å². The van der Waals surface area contributed by atoms with E-state index in [1.54, 1.807) is 36.4 Å². The lowest BCUT2D eigenvalue weighted by atomic mass is 10.1. The Balaban J connectivity index is 1.89. The molecule has 0 spiro atoms. The fraction of sp³-hybridized carbons (Fsp3) is 0.286. The average Bonchev–Trinajstić information content (AvgIpc) is 2.80. The third-order valence-corrected chi connectivity index (χ3v) is 5.28. The Morgan fingerprint density at radius 2 is 1.59 bits per heavy atom. The van der Waals surface area contributed by atoms with Crippen molar-refractivity contribution in [1.82, 2.24) is 16.0 Å². The molecule has 1 atom stereocenters. The van der Waals surface area contributed by atoms with E-state index in [9.17, 15) is 24.1 Å². The topological polar surface area (TPSA) is 174 Å². The maximum atomic E-state index is 12.5. The Morgan fingerprint density at radius 1 is 0.971 bits per heavy atom. The Kier molecular flexibility index (Phi) is 10.5. The lowest BCUT2D eigenvalue weighted by Crippen LogP contribution is -2.51. The van der Waals surface area contributed by atoms with Crippen molar-refractivity contribution in [3.8, 4) is 5.75 Å². The summed E-state index contributed by atoms with van der Waals surface area (Å²) in [6, 6.07) is 11.3. The van der Waals surface area contributed by atoms with E-state index in [1.807, 2.05) is 0 Å². The molecule has 0 radical (unpaired) electrons. The number of nitrogens with one attached hydrogen (secondary N) is 3. The van der Waals surface area contributed by atoms with Crippen molar-refractivity contribution in [2.75, 3.05) is 19.7 Å². The van der Waals surface area contributed by atoms with Gasteiger partial charge in [-0.2, -0.15) is 0 Å². The van der Waals surface area contributed by atoms with Crippen molar-refractivity contribution in [3.63, 3.8) is 0 Å². The zero-order chi connectivity index (χ0) is 25.1. The van der Waals surface area contributed by atoms with Crippen LogP contribution in [0.1, 0.15) is 21.5 Å². The number of amides is 3. The van der Waals surface area contributed by atoms with Crippen LogP contribution in [-0.4, -0.2) is 58.4 Å². The molecule has 0 aromatic heterocycles. The summed E-state index contributed by atoms with van der Waals surface area (Å²) in [7, 11) is -4.89. The lowest BCUT2D eigenvalue weighted by molar-refractivity contribution is -0.129. The Bertz CT molecular complexity index is 1030. The maximum Gasteiger partial charge on any atom is 0.469 e. The number of benzene rings is 2. The fourth-order valence-corrected chi connectivity index (χ4v) is 3.25. The number of carbonyl (C=O) groups excluding carboxylic acids is 3. The minimum Gasteiger partial charge on any atom is -0.508 e. The molecule has 2 aromatic rings. The van der Waals surface area contributed by atoms with Crippen molar-refractivity contribution in [1.29, 1.82) is 0 Å². The summed E-state index contributed by atoms with van der Waals surface area (Å²) in [6.45, 7) is -1.11. The SMILES string of the molecule is O=C(CNC(=O)c1ccc(CCl)cc1)N[C@@H](COP(=O)(O)O)C(=O)NCCc1ccc(O)cc1. The second-order valence-corrected chi connectivity index (χ2v) is 8.63. The molecule has 0 saturated heterocycles. The van der Waals surface area contributed by atoms with E-state index in [4.69, 9.17) is 21.4 Å². The summed E-state index contributed by atoms with van der Waals surface area (Å²) >= 11 is 5.70. The molecule has 34 heavy (non-hydrogen) atoms. The molecule has 0 unspecified atom stereocenters. The second kappa shape index (κ2) is 13.1. The number of carbonyl (C=O) groups is 3. The number of phosphoric ester groups is 1. The number of phenolic OH excluding ortho intramolecular Hbond substituents is 1. The number of aromatic hydroxyl groups is 1. The molecular formula is C21H25ClN3O8P. The zero-order valence-corrected chi connectivity index (χ0v) is 19.6. The van der Waals surface area contributed by atoms with Gasteiger partial charge in [-0.15, -0.1) is 11.6 Å². The van der Waals surface area contributed by atoms with Crippen LogP contribution in [0, 0.1) is 0 Å². The molecule has 0 fully saturated rings. The van der Waals surface area contributed by atoms with Crippen molar-refractivity contribution < 1.29 is 38.4 Å². The first kappa shape index (κ1) is 27.3. The second-order valence-electron chi connectivity index (χ2n) is 7.13. The highest BCUT2D eigenvalue weighted by atomic mass is 35.5. The largest absolute Gasteiger partial charge is 0.508 e. The monoisotopic (exact) mass is 513 g/mol. The number of halogens is 1. The van der Waals surface area contributed by atoms with Gasteiger partial charge in [0.25, 0.3) is 5.91 Å². The Morgan fingerprint density at radius 3 is 2.18 bits per heavy atom. The number of rotatable bonds is 12. The summed E-state index contributed by atoms with van der Waals surface area (Å²) in [6.07, 6.45) is 0.407. The van der Waals surface area contributed by atoms with Gasteiger partial charge in [0.2, 0.25) is 11.8 Å². The molecule has 0 heterocycles. The van der Waals surface area contributed by atoms with Crippen LogP contribution in [0.3, 0.4) is 0 Å². The van der Waals surface area contributed by atoms with Gasteiger partial charge in [0.05, 0.1) is 13.2 Å². The summed E-state index contributed by atoms with van der Waals surface area (Å²) in [4.78, 5) is 54.7. The predicted octanol–water partition coefficient (Wildman–Crippen LogP) is 0.814. The van der Waals surface area contributed by atoms with E-state index < -0.39 is 44.7 Å². The molecule has 13 heteroatoms. The van der Waals surface area contributed by atoms with Gasteiger partial charge in [-0.1, -0.05) is 24.3 Å². The van der Waals surface area contributed by atoms with Crippen LogP contribution >= 0.6 is 19.4 Å². The Hall–Kier alpha value is -2.95. The van der Waals surface area contributed by atoms with Crippen LogP contribution in [0.25, 0.3) is 0 Å². The average molecular weight is 514 g/mol. The van der Waals surface area contributed by atoms with Gasteiger partial charge in [0.1, 0.15) is 11.8 Å². The molecule has 0 aliphatic carbocycles. The number of alkyl halides is 1. The van der Waals surface area contributed by atoms with Crippen molar-refractivity contribution >= 4 is 37.1 Å². The molecule has 0 aliphatic rings. The molecule has 0 bridgehead atoms. The summed E-state index contributed by atoms with van der Waals surface area (Å²) in [5, 5.41) is 16.5. The highest BCUT2D eigenvalue weighted by molar-refractivity contribution is 7.46. The van der Waals surface area contributed by atoms with Crippen LogP contribution in [0.4, 0.5) is 0 Å².